The predicted molar refractivity (Wildman–Crippen MR) is 110 cm³/mol. The van der Waals surface area contributed by atoms with Crippen molar-refractivity contribution in [3.05, 3.63) is 65.4 Å². The lowest BCUT2D eigenvalue weighted by atomic mass is 10.1. The Morgan fingerprint density at radius 1 is 1.17 bits per heavy atom. The lowest BCUT2D eigenvalue weighted by molar-refractivity contribution is -0.121. The van der Waals surface area contributed by atoms with Crippen molar-refractivity contribution in [3.8, 4) is 11.4 Å². The number of aromatic amines is 1. The van der Waals surface area contributed by atoms with Crippen LogP contribution >= 0.6 is 0 Å². The summed E-state index contributed by atoms with van der Waals surface area (Å²) in [6, 6.07) is 9.89. The molecule has 0 radical (unpaired) electrons. The number of carbonyl (C=O) groups is 1. The van der Waals surface area contributed by atoms with E-state index in [1.807, 2.05) is 18.2 Å². The van der Waals surface area contributed by atoms with Gasteiger partial charge in [-0.3, -0.25) is 9.78 Å². The molecule has 3 aromatic heterocycles. The SMILES string of the molecule is Cc1[nH]c2ccc(CNC(=O)CCCc3nc(-c4ccncc4)no3)cc2c1C. The molecule has 1 aromatic carbocycles. The summed E-state index contributed by atoms with van der Waals surface area (Å²) < 4.78 is 5.27. The van der Waals surface area contributed by atoms with Gasteiger partial charge in [0.2, 0.25) is 17.6 Å². The normalized spacial score (nSPS) is 11.1. The van der Waals surface area contributed by atoms with Crippen LogP contribution in [0.2, 0.25) is 0 Å². The molecule has 29 heavy (non-hydrogen) atoms. The summed E-state index contributed by atoms with van der Waals surface area (Å²) in [5.74, 6) is 1.09. The number of aromatic nitrogens is 4. The first-order valence-corrected chi connectivity index (χ1v) is 9.67. The van der Waals surface area contributed by atoms with Crippen LogP contribution in [0.5, 0.6) is 0 Å². The summed E-state index contributed by atoms with van der Waals surface area (Å²) in [4.78, 5) is 23.9. The summed E-state index contributed by atoms with van der Waals surface area (Å²) in [6.07, 6.45) is 5.01. The molecule has 4 aromatic rings. The first-order chi connectivity index (χ1) is 14.1. The number of H-pyrrole nitrogens is 1. The maximum Gasteiger partial charge on any atom is 0.226 e. The molecule has 148 valence electrons. The van der Waals surface area contributed by atoms with Crippen molar-refractivity contribution in [2.75, 3.05) is 0 Å². The van der Waals surface area contributed by atoms with Crippen molar-refractivity contribution in [1.82, 2.24) is 25.4 Å². The molecule has 0 bridgehead atoms. The van der Waals surface area contributed by atoms with E-state index in [1.165, 1.54) is 16.6 Å². The summed E-state index contributed by atoms with van der Waals surface area (Å²) in [6.45, 7) is 4.69. The Morgan fingerprint density at radius 3 is 2.83 bits per heavy atom. The second-order valence-electron chi connectivity index (χ2n) is 7.13. The first kappa shape index (κ1) is 18.9. The van der Waals surface area contributed by atoms with Crippen LogP contribution in [-0.4, -0.2) is 26.0 Å². The zero-order chi connectivity index (χ0) is 20.2. The van der Waals surface area contributed by atoms with E-state index in [4.69, 9.17) is 4.52 Å². The van der Waals surface area contributed by atoms with Crippen molar-refractivity contribution in [2.24, 2.45) is 0 Å². The van der Waals surface area contributed by atoms with Gasteiger partial charge in [-0.05, 0) is 55.7 Å². The molecular weight excluding hydrogens is 366 g/mol. The number of rotatable bonds is 7. The Hall–Kier alpha value is -3.48. The van der Waals surface area contributed by atoms with Crippen LogP contribution < -0.4 is 5.32 Å². The van der Waals surface area contributed by atoms with Crippen LogP contribution in [0.25, 0.3) is 22.3 Å². The quantitative estimate of drug-likeness (QED) is 0.500. The number of amides is 1. The van der Waals surface area contributed by atoms with E-state index in [0.29, 0.717) is 37.5 Å². The van der Waals surface area contributed by atoms with Gasteiger partial charge in [0.1, 0.15) is 0 Å². The largest absolute Gasteiger partial charge is 0.358 e. The third kappa shape index (κ3) is 4.34. The Balaban J connectivity index is 1.25. The third-order valence-electron chi connectivity index (χ3n) is 5.06. The highest BCUT2D eigenvalue weighted by atomic mass is 16.5. The molecule has 0 saturated heterocycles. The van der Waals surface area contributed by atoms with Crippen LogP contribution in [0.3, 0.4) is 0 Å². The molecule has 0 fully saturated rings. The molecule has 7 heteroatoms. The van der Waals surface area contributed by atoms with Gasteiger partial charge in [-0.2, -0.15) is 4.98 Å². The average Bonchev–Trinajstić information content (AvgIpc) is 3.32. The topological polar surface area (TPSA) is 96.7 Å². The molecule has 0 unspecified atom stereocenters. The zero-order valence-electron chi connectivity index (χ0n) is 16.5. The van der Waals surface area contributed by atoms with Gasteiger partial charge in [0, 0.05) is 53.9 Å². The molecule has 0 atom stereocenters. The summed E-state index contributed by atoms with van der Waals surface area (Å²) >= 11 is 0. The molecule has 0 aliphatic heterocycles. The van der Waals surface area contributed by atoms with E-state index >= 15 is 0 Å². The van der Waals surface area contributed by atoms with Gasteiger partial charge in [0.05, 0.1) is 0 Å². The van der Waals surface area contributed by atoms with Crippen molar-refractivity contribution >= 4 is 16.8 Å². The molecule has 2 N–H and O–H groups in total. The second-order valence-corrected chi connectivity index (χ2v) is 7.13. The molecule has 0 saturated carbocycles. The van der Waals surface area contributed by atoms with E-state index in [9.17, 15) is 4.79 Å². The monoisotopic (exact) mass is 389 g/mol. The number of nitrogens with zero attached hydrogens (tertiary/aromatic N) is 3. The fourth-order valence-corrected chi connectivity index (χ4v) is 3.28. The summed E-state index contributed by atoms with van der Waals surface area (Å²) in [5, 5.41) is 8.17. The number of hydrogen-bond acceptors (Lipinski definition) is 5. The van der Waals surface area contributed by atoms with Gasteiger partial charge >= 0.3 is 0 Å². The number of nitrogens with one attached hydrogen (secondary N) is 2. The van der Waals surface area contributed by atoms with Gasteiger partial charge in [0.15, 0.2) is 0 Å². The van der Waals surface area contributed by atoms with Crippen LogP contribution in [-0.2, 0) is 17.8 Å². The summed E-state index contributed by atoms with van der Waals surface area (Å²) in [7, 11) is 0. The molecular formula is C22H23N5O2. The highest BCUT2D eigenvalue weighted by Crippen LogP contribution is 2.22. The molecule has 4 rings (SSSR count). The lowest BCUT2D eigenvalue weighted by Crippen LogP contribution is -2.22. The lowest BCUT2D eigenvalue weighted by Gasteiger charge is -2.05. The maximum atomic E-state index is 12.2. The van der Waals surface area contributed by atoms with E-state index in [0.717, 1.165) is 16.6 Å². The predicted octanol–water partition coefficient (Wildman–Crippen LogP) is 3.87. The van der Waals surface area contributed by atoms with Gasteiger partial charge < -0.3 is 14.8 Å². The highest BCUT2D eigenvalue weighted by Gasteiger charge is 2.10. The van der Waals surface area contributed by atoms with Crippen molar-refractivity contribution in [3.63, 3.8) is 0 Å². The Bertz CT molecular complexity index is 1130. The minimum Gasteiger partial charge on any atom is -0.358 e. The van der Waals surface area contributed by atoms with Crippen LogP contribution in [0.1, 0.15) is 35.6 Å². The van der Waals surface area contributed by atoms with E-state index in [-0.39, 0.29) is 5.91 Å². The van der Waals surface area contributed by atoms with Crippen molar-refractivity contribution in [2.45, 2.75) is 39.7 Å². The van der Waals surface area contributed by atoms with Crippen LogP contribution in [0, 0.1) is 13.8 Å². The Morgan fingerprint density at radius 2 is 2.00 bits per heavy atom. The zero-order valence-corrected chi connectivity index (χ0v) is 16.5. The fourth-order valence-electron chi connectivity index (χ4n) is 3.28. The molecule has 0 aliphatic carbocycles. The smallest absolute Gasteiger partial charge is 0.226 e. The van der Waals surface area contributed by atoms with Crippen LogP contribution in [0.15, 0.2) is 47.2 Å². The summed E-state index contributed by atoms with van der Waals surface area (Å²) in [5.41, 5.74) is 5.50. The number of pyridine rings is 1. The molecule has 0 spiro atoms. The molecule has 3 heterocycles. The fraction of sp³-hybridized carbons (Fsp3) is 0.273. The highest BCUT2D eigenvalue weighted by molar-refractivity contribution is 5.85. The number of aryl methyl sites for hydroxylation is 3. The van der Waals surface area contributed by atoms with Crippen LogP contribution in [0.4, 0.5) is 0 Å². The standard InChI is InChI=1S/C22H23N5O2/c1-14-15(2)25-19-7-6-16(12-18(14)19)13-24-20(28)4-3-5-21-26-22(27-29-21)17-8-10-23-11-9-17/h6-12,25H,3-5,13H2,1-2H3,(H,24,28). The minimum atomic E-state index is 0.0148. The Kier molecular flexibility index (Phi) is 5.37. The Labute approximate surface area is 168 Å². The number of benzene rings is 1. The van der Waals surface area contributed by atoms with Crippen molar-refractivity contribution < 1.29 is 9.32 Å². The average molecular weight is 389 g/mol. The molecule has 7 nitrogen and oxygen atoms in total. The number of fused-ring (bicyclic) bond motifs is 1. The maximum absolute atomic E-state index is 12.2. The molecule has 1 amide bonds. The van der Waals surface area contributed by atoms with E-state index in [2.05, 4.69) is 51.4 Å². The van der Waals surface area contributed by atoms with E-state index in [1.54, 1.807) is 12.4 Å². The molecule has 0 aliphatic rings. The van der Waals surface area contributed by atoms with Gasteiger partial charge in [-0.1, -0.05) is 11.2 Å². The minimum absolute atomic E-state index is 0.0148. The van der Waals surface area contributed by atoms with Gasteiger partial charge in [-0.15, -0.1) is 0 Å². The van der Waals surface area contributed by atoms with Gasteiger partial charge in [-0.25, -0.2) is 0 Å². The second kappa shape index (κ2) is 8.26. The van der Waals surface area contributed by atoms with Gasteiger partial charge in [0.25, 0.3) is 0 Å². The third-order valence-corrected chi connectivity index (χ3v) is 5.06. The number of hydrogen-bond donors (Lipinski definition) is 2. The number of carbonyl (C=O) groups excluding carboxylic acids is 1. The van der Waals surface area contributed by atoms with E-state index < -0.39 is 0 Å². The van der Waals surface area contributed by atoms with Crippen molar-refractivity contribution in [1.29, 1.82) is 0 Å². The first-order valence-electron chi connectivity index (χ1n) is 9.67.